The van der Waals surface area contributed by atoms with E-state index in [1.165, 1.54) is 45.2 Å². The Morgan fingerprint density at radius 1 is 1.17 bits per heavy atom. The van der Waals surface area contributed by atoms with Gasteiger partial charge >= 0.3 is 0 Å². The molecule has 0 amide bonds. The maximum absolute atomic E-state index is 6.00. The van der Waals surface area contributed by atoms with Gasteiger partial charge in [-0.25, -0.2) is 0 Å². The van der Waals surface area contributed by atoms with Crippen molar-refractivity contribution in [3.05, 3.63) is 0 Å². The maximum atomic E-state index is 6.00. The van der Waals surface area contributed by atoms with Gasteiger partial charge in [0.05, 0.1) is 0 Å². The third-order valence-corrected chi connectivity index (χ3v) is 5.04. The Balaban J connectivity index is 2.64. The zero-order chi connectivity index (χ0) is 13.5. The number of nitrogens with zero attached hydrogens (tertiary/aromatic N) is 1. The molecule has 0 spiro atoms. The molecule has 2 heteroatoms. The summed E-state index contributed by atoms with van der Waals surface area (Å²) in [5.41, 5.74) is 6.00. The third kappa shape index (κ3) is 4.24. The van der Waals surface area contributed by atoms with Crippen molar-refractivity contribution in [2.75, 3.05) is 19.6 Å². The van der Waals surface area contributed by atoms with E-state index in [9.17, 15) is 0 Å². The topological polar surface area (TPSA) is 29.3 Å². The average molecular weight is 254 g/mol. The second-order valence-electron chi connectivity index (χ2n) is 6.25. The van der Waals surface area contributed by atoms with Crippen LogP contribution in [0, 0.1) is 17.8 Å². The van der Waals surface area contributed by atoms with Gasteiger partial charge in [0.1, 0.15) is 0 Å². The van der Waals surface area contributed by atoms with Crippen molar-refractivity contribution >= 4 is 0 Å². The molecule has 0 bridgehead atoms. The van der Waals surface area contributed by atoms with Crippen molar-refractivity contribution in [3.8, 4) is 0 Å². The minimum atomic E-state index is 0.732. The van der Waals surface area contributed by atoms with Crippen molar-refractivity contribution in [3.63, 3.8) is 0 Å². The first kappa shape index (κ1) is 16.0. The van der Waals surface area contributed by atoms with Crippen LogP contribution in [-0.2, 0) is 0 Å². The summed E-state index contributed by atoms with van der Waals surface area (Å²) in [5.74, 6) is 2.48. The van der Waals surface area contributed by atoms with Crippen LogP contribution in [0.25, 0.3) is 0 Å². The standard InChI is InChI=1S/C16H34N2/c1-5-14(6-2)12-18(7-3)16-10-13(4)8-9-15(16)11-17/h13-16H,5-12,17H2,1-4H3. The van der Waals surface area contributed by atoms with E-state index >= 15 is 0 Å². The van der Waals surface area contributed by atoms with Crippen molar-refractivity contribution in [1.82, 2.24) is 4.90 Å². The Bertz CT molecular complexity index is 213. The minimum Gasteiger partial charge on any atom is -0.330 e. The van der Waals surface area contributed by atoms with E-state index in [1.54, 1.807) is 0 Å². The summed E-state index contributed by atoms with van der Waals surface area (Å²) in [5, 5.41) is 0. The van der Waals surface area contributed by atoms with Crippen LogP contribution in [0.4, 0.5) is 0 Å². The number of hydrogen-bond acceptors (Lipinski definition) is 2. The highest BCUT2D eigenvalue weighted by Crippen LogP contribution is 2.32. The molecule has 2 N–H and O–H groups in total. The molecule has 0 aromatic carbocycles. The summed E-state index contributed by atoms with van der Waals surface area (Å²) in [6.45, 7) is 12.7. The Kier molecular flexibility index (Phi) is 7.25. The molecule has 0 aromatic rings. The van der Waals surface area contributed by atoms with Gasteiger partial charge in [-0.05, 0) is 43.7 Å². The minimum absolute atomic E-state index is 0.732. The third-order valence-electron chi connectivity index (χ3n) is 5.04. The van der Waals surface area contributed by atoms with Crippen LogP contribution in [0.3, 0.4) is 0 Å². The van der Waals surface area contributed by atoms with E-state index < -0.39 is 0 Å². The summed E-state index contributed by atoms with van der Waals surface area (Å²) >= 11 is 0. The van der Waals surface area contributed by atoms with Crippen molar-refractivity contribution in [2.24, 2.45) is 23.5 Å². The van der Waals surface area contributed by atoms with Crippen molar-refractivity contribution in [2.45, 2.75) is 65.8 Å². The second kappa shape index (κ2) is 8.16. The van der Waals surface area contributed by atoms with Gasteiger partial charge in [-0.15, -0.1) is 0 Å². The Morgan fingerprint density at radius 3 is 2.33 bits per heavy atom. The van der Waals surface area contributed by atoms with E-state index in [4.69, 9.17) is 5.73 Å². The zero-order valence-corrected chi connectivity index (χ0v) is 13.0. The highest BCUT2D eigenvalue weighted by Gasteiger charge is 2.31. The lowest BCUT2D eigenvalue weighted by Gasteiger charge is -2.42. The fourth-order valence-corrected chi connectivity index (χ4v) is 3.51. The largest absolute Gasteiger partial charge is 0.330 e. The van der Waals surface area contributed by atoms with Crippen LogP contribution in [0.1, 0.15) is 59.8 Å². The van der Waals surface area contributed by atoms with E-state index in [-0.39, 0.29) is 0 Å². The molecule has 1 aliphatic rings. The zero-order valence-electron chi connectivity index (χ0n) is 13.0. The molecular formula is C16H34N2. The van der Waals surface area contributed by atoms with Gasteiger partial charge in [-0.2, -0.15) is 0 Å². The van der Waals surface area contributed by atoms with Crippen LogP contribution in [0.5, 0.6) is 0 Å². The second-order valence-corrected chi connectivity index (χ2v) is 6.25. The molecule has 0 radical (unpaired) electrons. The monoisotopic (exact) mass is 254 g/mol. The van der Waals surface area contributed by atoms with Crippen LogP contribution in [-0.4, -0.2) is 30.6 Å². The quantitative estimate of drug-likeness (QED) is 0.753. The molecule has 18 heavy (non-hydrogen) atoms. The molecule has 1 saturated carbocycles. The molecule has 108 valence electrons. The molecular weight excluding hydrogens is 220 g/mol. The van der Waals surface area contributed by atoms with Crippen LogP contribution >= 0.6 is 0 Å². The normalized spacial score (nSPS) is 29.2. The van der Waals surface area contributed by atoms with Crippen LogP contribution < -0.4 is 5.73 Å². The van der Waals surface area contributed by atoms with Gasteiger partial charge in [0.25, 0.3) is 0 Å². The molecule has 3 atom stereocenters. The lowest BCUT2D eigenvalue weighted by Crippen LogP contribution is -2.48. The Morgan fingerprint density at radius 2 is 1.83 bits per heavy atom. The molecule has 1 rings (SSSR count). The van der Waals surface area contributed by atoms with E-state index in [2.05, 4.69) is 32.6 Å². The Hall–Kier alpha value is -0.0800. The fourth-order valence-electron chi connectivity index (χ4n) is 3.51. The number of rotatable bonds is 7. The first-order chi connectivity index (χ1) is 8.65. The molecule has 1 fully saturated rings. The first-order valence-electron chi connectivity index (χ1n) is 8.10. The first-order valence-corrected chi connectivity index (χ1v) is 8.10. The lowest BCUT2D eigenvalue weighted by atomic mass is 9.78. The predicted octanol–water partition coefficient (Wildman–Crippen LogP) is 3.51. The number of hydrogen-bond donors (Lipinski definition) is 1. The highest BCUT2D eigenvalue weighted by molar-refractivity contribution is 4.86. The molecule has 0 aromatic heterocycles. The molecule has 0 aliphatic heterocycles. The van der Waals surface area contributed by atoms with E-state index in [0.29, 0.717) is 0 Å². The molecule has 3 unspecified atom stereocenters. The van der Waals surface area contributed by atoms with Gasteiger partial charge in [0.2, 0.25) is 0 Å². The summed E-state index contributed by atoms with van der Waals surface area (Å²) in [7, 11) is 0. The summed E-state index contributed by atoms with van der Waals surface area (Å²) in [4.78, 5) is 2.73. The van der Waals surface area contributed by atoms with Gasteiger partial charge < -0.3 is 10.6 Å². The SMILES string of the molecule is CCC(CC)CN(CC)C1CC(C)CCC1CN. The van der Waals surface area contributed by atoms with E-state index in [1.807, 2.05) is 0 Å². The molecule has 1 aliphatic carbocycles. The highest BCUT2D eigenvalue weighted by atomic mass is 15.2. The van der Waals surface area contributed by atoms with Gasteiger partial charge in [-0.1, -0.05) is 47.0 Å². The summed E-state index contributed by atoms with van der Waals surface area (Å²) in [6, 6.07) is 0.740. The van der Waals surface area contributed by atoms with Crippen molar-refractivity contribution < 1.29 is 0 Å². The molecule has 0 saturated heterocycles. The maximum Gasteiger partial charge on any atom is 0.0138 e. The van der Waals surface area contributed by atoms with Crippen LogP contribution in [0.15, 0.2) is 0 Å². The van der Waals surface area contributed by atoms with Crippen LogP contribution in [0.2, 0.25) is 0 Å². The fraction of sp³-hybridized carbons (Fsp3) is 1.00. The molecule has 0 heterocycles. The smallest absolute Gasteiger partial charge is 0.0138 e. The number of nitrogens with two attached hydrogens (primary N) is 1. The van der Waals surface area contributed by atoms with Gasteiger partial charge in [-0.3, -0.25) is 0 Å². The molecule has 2 nitrogen and oxygen atoms in total. The summed E-state index contributed by atoms with van der Waals surface area (Å²) < 4.78 is 0. The average Bonchev–Trinajstić information content (AvgIpc) is 2.40. The van der Waals surface area contributed by atoms with Crippen molar-refractivity contribution in [1.29, 1.82) is 0 Å². The lowest BCUT2D eigenvalue weighted by molar-refractivity contribution is 0.0750. The van der Waals surface area contributed by atoms with Gasteiger partial charge in [0.15, 0.2) is 0 Å². The summed E-state index contributed by atoms with van der Waals surface area (Å²) in [6.07, 6.45) is 6.68. The predicted molar refractivity (Wildman–Crippen MR) is 80.7 cm³/mol. The van der Waals surface area contributed by atoms with E-state index in [0.717, 1.165) is 30.3 Å². The van der Waals surface area contributed by atoms with Gasteiger partial charge in [0, 0.05) is 12.6 Å². The Labute approximate surface area is 114 Å².